The molecule has 0 saturated carbocycles. The van der Waals surface area contributed by atoms with E-state index < -0.39 is 5.97 Å². The van der Waals surface area contributed by atoms with Gasteiger partial charge in [0.15, 0.2) is 0 Å². The van der Waals surface area contributed by atoms with E-state index in [2.05, 4.69) is 5.10 Å². The van der Waals surface area contributed by atoms with Crippen LogP contribution in [0.25, 0.3) is 11.3 Å². The highest BCUT2D eigenvalue weighted by atomic mass is 19.1. The molecule has 0 atom stereocenters. The van der Waals surface area contributed by atoms with Gasteiger partial charge in [-0.3, -0.25) is 4.68 Å². The van der Waals surface area contributed by atoms with Gasteiger partial charge in [0.25, 0.3) is 0 Å². The van der Waals surface area contributed by atoms with Crippen molar-refractivity contribution in [3.63, 3.8) is 0 Å². The maximum atomic E-state index is 13.2. The summed E-state index contributed by atoms with van der Waals surface area (Å²) >= 11 is 0. The van der Waals surface area contributed by atoms with Gasteiger partial charge in [0, 0.05) is 12.1 Å². The Morgan fingerprint density at radius 3 is 2.79 bits per heavy atom. The third-order valence-corrected chi connectivity index (χ3v) is 2.68. The third-order valence-electron chi connectivity index (χ3n) is 2.68. The van der Waals surface area contributed by atoms with Crippen molar-refractivity contribution >= 4 is 5.97 Å². The molecule has 5 heteroatoms. The van der Waals surface area contributed by atoms with Gasteiger partial charge >= 0.3 is 5.97 Å². The first-order valence-corrected chi connectivity index (χ1v) is 6.16. The summed E-state index contributed by atoms with van der Waals surface area (Å²) in [6.45, 7) is 4.48. The topological polar surface area (TPSA) is 44.1 Å². The van der Waals surface area contributed by atoms with Crippen LogP contribution < -0.4 is 0 Å². The summed E-state index contributed by atoms with van der Waals surface area (Å²) in [7, 11) is 0. The van der Waals surface area contributed by atoms with E-state index in [0.29, 0.717) is 30.1 Å². The molecule has 0 radical (unpaired) electrons. The molecule has 0 amide bonds. The number of nitrogens with zero attached hydrogens (tertiary/aromatic N) is 2. The molecule has 1 heterocycles. The molecule has 0 N–H and O–H groups in total. The second-order valence-corrected chi connectivity index (χ2v) is 3.96. The zero-order valence-corrected chi connectivity index (χ0v) is 10.9. The van der Waals surface area contributed by atoms with Crippen molar-refractivity contribution in [2.45, 2.75) is 20.4 Å². The van der Waals surface area contributed by atoms with E-state index in [9.17, 15) is 9.18 Å². The van der Waals surface area contributed by atoms with Crippen molar-refractivity contribution in [3.05, 3.63) is 41.8 Å². The van der Waals surface area contributed by atoms with Crippen LogP contribution in [0.5, 0.6) is 0 Å². The van der Waals surface area contributed by atoms with E-state index in [4.69, 9.17) is 4.74 Å². The summed E-state index contributed by atoms with van der Waals surface area (Å²) < 4.78 is 19.7. The second-order valence-electron chi connectivity index (χ2n) is 3.96. The lowest BCUT2D eigenvalue weighted by Crippen LogP contribution is -2.12. The molecule has 2 aromatic rings. The van der Waals surface area contributed by atoms with E-state index in [1.165, 1.54) is 12.1 Å². The Morgan fingerprint density at radius 2 is 2.16 bits per heavy atom. The van der Waals surface area contributed by atoms with Gasteiger partial charge < -0.3 is 4.74 Å². The zero-order valence-electron chi connectivity index (χ0n) is 10.9. The molecule has 0 saturated heterocycles. The third kappa shape index (κ3) is 2.81. The number of rotatable bonds is 4. The van der Waals surface area contributed by atoms with Gasteiger partial charge in [-0.05, 0) is 32.0 Å². The summed E-state index contributed by atoms with van der Waals surface area (Å²) in [5, 5.41) is 4.29. The highest BCUT2D eigenvalue weighted by Crippen LogP contribution is 2.20. The normalized spacial score (nSPS) is 10.5. The first-order chi connectivity index (χ1) is 9.15. The van der Waals surface area contributed by atoms with Crippen LogP contribution in [-0.2, 0) is 11.3 Å². The fourth-order valence-electron chi connectivity index (χ4n) is 1.82. The van der Waals surface area contributed by atoms with E-state index >= 15 is 0 Å². The Balaban J connectivity index is 2.41. The number of aromatic nitrogens is 2. The number of aryl methyl sites for hydroxylation is 1. The van der Waals surface area contributed by atoms with Crippen LogP contribution >= 0.6 is 0 Å². The smallest absolute Gasteiger partial charge is 0.356 e. The molecule has 0 bridgehead atoms. The van der Waals surface area contributed by atoms with Crippen molar-refractivity contribution in [2.24, 2.45) is 0 Å². The minimum atomic E-state index is -0.417. The highest BCUT2D eigenvalue weighted by Gasteiger charge is 2.16. The molecule has 1 aromatic carbocycles. The lowest BCUT2D eigenvalue weighted by atomic mass is 10.1. The van der Waals surface area contributed by atoms with Crippen molar-refractivity contribution in [1.82, 2.24) is 9.78 Å². The molecule has 0 spiro atoms. The predicted octanol–water partition coefficient (Wildman–Crippen LogP) is 2.89. The molecule has 0 unspecified atom stereocenters. The molecule has 0 aliphatic carbocycles. The first kappa shape index (κ1) is 13.3. The number of ether oxygens (including phenoxy) is 1. The van der Waals surface area contributed by atoms with Crippen molar-refractivity contribution in [1.29, 1.82) is 0 Å². The van der Waals surface area contributed by atoms with Crippen molar-refractivity contribution in [2.75, 3.05) is 6.61 Å². The molecule has 0 aliphatic rings. The highest BCUT2D eigenvalue weighted by molar-refractivity contribution is 5.89. The maximum Gasteiger partial charge on any atom is 0.356 e. The Bertz CT molecular complexity index is 593. The van der Waals surface area contributed by atoms with Gasteiger partial charge in [0.05, 0.1) is 12.3 Å². The lowest BCUT2D eigenvalue weighted by molar-refractivity contribution is 0.0512. The monoisotopic (exact) mass is 262 g/mol. The van der Waals surface area contributed by atoms with Gasteiger partial charge in [0.1, 0.15) is 11.5 Å². The van der Waals surface area contributed by atoms with Crippen LogP contribution in [-0.4, -0.2) is 22.4 Å². The summed E-state index contributed by atoms with van der Waals surface area (Å²) in [6, 6.07) is 7.74. The molecular weight excluding hydrogens is 247 g/mol. The van der Waals surface area contributed by atoms with E-state index in [1.807, 2.05) is 6.92 Å². The average molecular weight is 262 g/mol. The van der Waals surface area contributed by atoms with Crippen molar-refractivity contribution in [3.8, 4) is 11.3 Å². The number of carbonyl (C=O) groups is 1. The Hall–Kier alpha value is -2.17. The fraction of sp³-hybridized carbons (Fsp3) is 0.286. The SMILES string of the molecule is CCOC(=O)c1cc(-c2cccc(F)c2)nn1CC. The molecule has 4 nitrogen and oxygen atoms in total. The molecule has 1 aromatic heterocycles. The number of benzene rings is 1. The Morgan fingerprint density at radius 1 is 1.37 bits per heavy atom. The zero-order chi connectivity index (χ0) is 13.8. The summed E-state index contributed by atoms with van der Waals surface area (Å²) in [5.41, 5.74) is 1.57. The number of esters is 1. The number of hydrogen-bond acceptors (Lipinski definition) is 3. The summed E-state index contributed by atoms with van der Waals surface area (Å²) in [4.78, 5) is 11.8. The van der Waals surface area contributed by atoms with Crippen LogP contribution in [0.2, 0.25) is 0 Å². The van der Waals surface area contributed by atoms with Gasteiger partial charge in [-0.25, -0.2) is 9.18 Å². The fourth-order valence-corrected chi connectivity index (χ4v) is 1.82. The second kappa shape index (κ2) is 5.65. The van der Waals surface area contributed by atoms with Crippen LogP contribution in [0.3, 0.4) is 0 Å². The van der Waals surface area contributed by atoms with Gasteiger partial charge in [-0.15, -0.1) is 0 Å². The van der Waals surface area contributed by atoms with Gasteiger partial charge in [-0.1, -0.05) is 12.1 Å². The average Bonchev–Trinajstić information content (AvgIpc) is 2.83. The Kier molecular flexibility index (Phi) is 3.94. The first-order valence-electron chi connectivity index (χ1n) is 6.16. The van der Waals surface area contributed by atoms with E-state index in [0.717, 1.165) is 0 Å². The standard InChI is InChI=1S/C14H15FN2O2/c1-3-17-13(14(18)19-4-2)9-12(16-17)10-6-5-7-11(15)8-10/h5-9H,3-4H2,1-2H3. The minimum Gasteiger partial charge on any atom is -0.461 e. The quantitative estimate of drug-likeness (QED) is 0.796. The van der Waals surface area contributed by atoms with Gasteiger partial charge in [0.2, 0.25) is 0 Å². The number of carbonyl (C=O) groups excluding carboxylic acids is 1. The van der Waals surface area contributed by atoms with E-state index in [1.54, 1.807) is 29.8 Å². The van der Waals surface area contributed by atoms with Crippen LogP contribution in [0.4, 0.5) is 4.39 Å². The predicted molar refractivity (Wildman–Crippen MR) is 69.3 cm³/mol. The molecule has 19 heavy (non-hydrogen) atoms. The van der Waals surface area contributed by atoms with Crippen LogP contribution in [0.15, 0.2) is 30.3 Å². The number of hydrogen-bond donors (Lipinski definition) is 0. The lowest BCUT2D eigenvalue weighted by Gasteiger charge is -2.02. The summed E-state index contributed by atoms with van der Waals surface area (Å²) in [5.74, 6) is -0.749. The minimum absolute atomic E-state index is 0.309. The van der Waals surface area contributed by atoms with E-state index in [-0.39, 0.29) is 5.82 Å². The Labute approximate surface area is 110 Å². The molecule has 100 valence electrons. The largest absolute Gasteiger partial charge is 0.461 e. The molecular formula is C14H15FN2O2. The van der Waals surface area contributed by atoms with Crippen LogP contribution in [0, 0.1) is 5.82 Å². The molecule has 2 rings (SSSR count). The number of halogens is 1. The van der Waals surface area contributed by atoms with Crippen LogP contribution in [0.1, 0.15) is 24.3 Å². The maximum absolute atomic E-state index is 13.2. The summed E-state index contributed by atoms with van der Waals surface area (Å²) in [6.07, 6.45) is 0. The van der Waals surface area contributed by atoms with Gasteiger partial charge in [-0.2, -0.15) is 5.10 Å². The molecule has 0 fully saturated rings. The molecule has 0 aliphatic heterocycles. The van der Waals surface area contributed by atoms with Crippen molar-refractivity contribution < 1.29 is 13.9 Å².